The molecule has 4 heteroatoms. The standard InChI is InChI=1S/C39H34NO2P/c1-30-28-34(39(31-18-8-3-9-19-31,32-20-10-4-11-21-32)33-22-12-5-13-23-33)29-37-38(30)42-43(40-37,41-2,35-24-14-6-15-25-35)36-26-16-7-17-27-36/h3-29,40H,1-2H3. The van der Waals surface area contributed by atoms with Gasteiger partial charge in [0.15, 0.2) is 0 Å². The minimum atomic E-state index is -3.83. The molecule has 0 amide bonds. The van der Waals surface area contributed by atoms with Crippen molar-refractivity contribution in [1.29, 1.82) is 0 Å². The van der Waals surface area contributed by atoms with Gasteiger partial charge in [-0.05, 0) is 0 Å². The average Bonchev–Trinajstić information content (AvgIpc) is 3.46. The Labute approximate surface area is 253 Å². The summed E-state index contributed by atoms with van der Waals surface area (Å²) >= 11 is 0. The zero-order valence-electron chi connectivity index (χ0n) is 24.4. The number of hydrogen-bond acceptors (Lipinski definition) is 3. The van der Waals surface area contributed by atoms with Crippen molar-refractivity contribution in [2.75, 3.05) is 12.2 Å². The van der Waals surface area contributed by atoms with E-state index in [1.807, 2.05) is 36.4 Å². The summed E-state index contributed by atoms with van der Waals surface area (Å²) in [6, 6.07) is 57.6. The summed E-state index contributed by atoms with van der Waals surface area (Å²) in [4.78, 5) is 0. The predicted octanol–water partition coefficient (Wildman–Crippen LogP) is 8.78. The van der Waals surface area contributed by atoms with Crippen LogP contribution in [0.3, 0.4) is 0 Å². The predicted molar refractivity (Wildman–Crippen MR) is 180 cm³/mol. The van der Waals surface area contributed by atoms with Crippen LogP contribution in [0.25, 0.3) is 0 Å². The molecule has 0 aromatic heterocycles. The van der Waals surface area contributed by atoms with Crippen molar-refractivity contribution in [2.45, 2.75) is 12.3 Å². The summed E-state index contributed by atoms with van der Waals surface area (Å²) in [6.45, 7) is 2.14. The van der Waals surface area contributed by atoms with Crippen molar-refractivity contribution in [3.8, 4) is 5.75 Å². The van der Waals surface area contributed by atoms with Gasteiger partial charge in [-0.1, -0.05) is 0 Å². The minimum absolute atomic E-state index is 0.573. The number of fused-ring (bicyclic) bond motifs is 1. The van der Waals surface area contributed by atoms with E-state index in [9.17, 15) is 0 Å². The number of rotatable bonds is 7. The van der Waals surface area contributed by atoms with Gasteiger partial charge >= 0.3 is 254 Å². The molecule has 0 radical (unpaired) electrons. The molecule has 6 aromatic rings. The first-order chi connectivity index (χ1) is 21.1. The maximum absolute atomic E-state index is 7.22. The zero-order chi connectivity index (χ0) is 29.4. The molecule has 0 fully saturated rings. The van der Waals surface area contributed by atoms with Crippen LogP contribution in [-0.4, -0.2) is 7.11 Å². The SMILES string of the molecule is COP1(c2ccccc2)(c2ccccc2)Nc2cc(C(c3ccccc3)(c3ccccc3)c3ccccc3)cc(C)c2O1. The van der Waals surface area contributed by atoms with Gasteiger partial charge in [-0.25, -0.2) is 0 Å². The molecular weight excluding hydrogens is 545 g/mol. The molecule has 3 nitrogen and oxygen atoms in total. The van der Waals surface area contributed by atoms with Crippen molar-refractivity contribution in [3.05, 3.63) is 192 Å². The molecule has 6 aromatic carbocycles. The summed E-state index contributed by atoms with van der Waals surface area (Å²) in [7, 11) is -2.07. The Hall–Kier alpha value is -4.69. The Morgan fingerprint density at radius 3 is 1.33 bits per heavy atom. The molecule has 1 aliphatic rings. The molecule has 0 aliphatic carbocycles. The van der Waals surface area contributed by atoms with E-state index in [2.05, 4.69) is 139 Å². The Morgan fingerprint density at radius 1 is 0.535 bits per heavy atom. The molecule has 43 heavy (non-hydrogen) atoms. The van der Waals surface area contributed by atoms with E-state index in [-0.39, 0.29) is 0 Å². The Kier molecular flexibility index (Phi) is 6.66. The fourth-order valence-electron chi connectivity index (χ4n) is 6.75. The van der Waals surface area contributed by atoms with Crippen LogP contribution >= 0.6 is 7.21 Å². The van der Waals surface area contributed by atoms with Gasteiger partial charge < -0.3 is 0 Å². The number of nitrogens with one attached hydrogen (secondary N) is 1. The van der Waals surface area contributed by atoms with Gasteiger partial charge in [-0.15, -0.1) is 0 Å². The molecule has 7 rings (SSSR count). The van der Waals surface area contributed by atoms with Crippen molar-refractivity contribution in [1.82, 2.24) is 0 Å². The molecule has 1 heterocycles. The molecule has 0 spiro atoms. The monoisotopic (exact) mass is 579 g/mol. The van der Waals surface area contributed by atoms with Crippen LogP contribution in [0.5, 0.6) is 5.75 Å². The molecular formula is C39H34NO2P. The maximum atomic E-state index is 7.22. The summed E-state index contributed by atoms with van der Waals surface area (Å²) in [6.07, 6.45) is 0. The van der Waals surface area contributed by atoms with Gasteiger partial charge in [0.1, 0.15) is 0 Å². The normalized spacial score (nSPS) is 15.7. The summed E-state index contributed by atoms with van der Waals surface area (Å²) in [5.74, 6) is 0.819. The van der Waals surface area contributed by atoms with E-state index >= 15 is 0 Å². The molecule has 212 valence electrons. The first-order valence-corrected chi connectivity index (χ1v) is 16.7. The second-order valence-corrected chi connectivity index (χ2v) is 14.8. The fraction of sp³-hybridized carbons (Fsp3) is 0.0769. The van der Waals surface area contributed by atoms with Crippen molar-refractivity contribution >= 4 is 23.5 Å². The molecule has 0 saturated heterocycles. The second-order valence-electron chi connectivity index (χ2n) is 11.0. The molecule has 0 bridgehead atoms. The summed E-state index contributed by atoms with van der Waals surface area (Å²) in [5, 5.41) is 5.91. The van der Waals surface area contributed by atoms with E-state index in [1.54, 1.807) is 7.11 Å². The number of hydrogen-bond donors (Lipinski definition) is 1. The first kappa shape index (κ1) is 27.2. The first-order valence-electron chi connectivity index (χ1n) is 14.6. The van der Waals surface area contributed by atoms with Crippen molar-refractivity contribution < 1.29 is 9.05 Å². The number of benzene rings is 6. The second kappa shape index (κ2) is 10.5. The van der Waals surface area contributed by atoms with Crippen LogP contribution in [0.4, 0.5) is 5.69 Å². The van der Waals surface area contributed by atoms with Gasteiger partial charge in [0.05, 0.1) is 0 Å². The van der Waals surface area contributed by atoms with E-state index in [1.165, 1.54) is 16.7 Å². The van der Waals surface area contributed by atoms with E-state index < -0.39 is 12.6 Å². The van der Waals surface area contributed by atoms with Gasteiger partial charge in [-0.3, -0.25) is 0 Å². The summed E-state index contributed by atoms with van der Waals surface area (Å²) in [5.41, 5.74) is 6.14. The third-order valence-corrected chi connectivity index (χ3v) is 13.1. The molecule has 1 N–H and O–H groups in total. The molecule has 0 unspecified atom stereocenters. The van der Waals surface area contributed by atoms with Gasteiger partial charge in [0.25, 0.3) is 0 Å². The fourth-order valence-corrected chi connectivity index (χ4v) is 10.8. The van der Waals surface area contributed by atoms with Gasteiger partial charge in [-0.2, -0.15) is 0 Å². The quantitative estimate of drug-likeness (QED) is 0.152. The molecule has 0 saturated carbocycles. The Bertz CT molecular complexity index is 1730. The van der Waals surface area contributed by atoms with Crippen LogP contribution in [0.15, 0.2) is 164 Å². The van der Waals surface area contributed by atoms with E-state index in [0.717, 1.165) is 33.2 Å². The zero-order valence-corrected chi connectivity index (χ0v) is 25.2. The third kappa shape index (κ3) is 4.04. The number of aryl methyl sites for hydroxylation is 1. The van der Waals surface area contributed by atoms with Crippen LogP contribution < -0.4 is 20.2 Å². The third-order valence-electron chi connectivity index (χ3n) is 8.72. The number of anilines is 1. The summed E-state index contributed by atoms with van der Waals surface area (Å²) < 4.78 is 13.9. The van der Waals surface area contributed by atoms with Crippen LogP contribution in [-0.2, 0) is 9.94 Å². The molecule has 1 aliphatic heterocycles. The van der Waals surface area contributed by atoms with Gasteiger partial charge in [0, 0.05) is 0 Å². The van der Waals surface area contributed by atoms with Crippen molar-refractivity contribution in [2.24, 2.45) is 0 Å². The van der Waals surface area contributed by atoms with Crippen molar-refractivity contribution in [3.63, 3.8) is 0 Å². The van der Waals surface area contributed by atoms with Gasteiger partial charge in [0.2, 0.25) is 0 Å². The van der Waals surface area contributed by atoms with Crippen LogP contribution in [0.2, 0.25) is 0 Å². The Balaban J connectivity index is 1.53. The van der Waals surface area contributed by atoms with E-state index in [0.29, 0.717) is 0 Å². The van der Waals surface area contributed by atoms with Crippen LogP contribution in [0, 0.1) is 6.92 Å². The molecule has 0 atom stereocenters. The average molecular weight is 580 g/mol. The van der Waals surface area contributed by atoms with Crippen LogP contribution in [0.1, 0.15) is 27.8 Å². The topological polar surface area (TPSA) is 30.5 Å². The Morgan fingerprint density at radius 2 is 0.930 bits per heavy atom. The van der Waals surface area contributed by atoms with E-state index in [4.69, 9.17) is 9.05 Å².